The second-order valence-corrected chi connectivity index (χ2v) is 6.70. The highest BCUT2D eigenvalue weighted by atomic mass is 32.2. The van der Waals surface area contributed by atoms with Crippen molar-refractivity contribution in [1.82, 2.24) is 10.1 Å². The molecule has 134 valence electrons. The summed E-state index contributed by atoms with van der Waals surface area (Å²) in [5, 5.41) is 6.71. The number of nitrogens with one attached hydrogen (secondary N) is 1. The monoisotopic (exact) mass is 369 g/mol. The third-order valence-electron chi connectivity index (χ3n) is 3.66. The molecule has 1 aromatic heterocycles. The Balaban J connectivity index is 1.78. The van der Waals surface area contributed by atoms with Gasteiger partial charge in [0.2, 0.25) is 5.89 Å². The van der Waals surface area contributed by atoms with Crippen LogP contribution in [-0.2, 0) is 5.75 Å². The first kappa shape index (κ1) is 18.0. The standard InChI is InChI=1S/C19H19N3O3S/c1-12-8-9-16(24-3)15(10-12)21-19(23)14-6-4-5-7-17(14)26-11-18-20-13(2)22-25-18/h4-10H,11H2,1-3H3,(H,21,23). The zero-order valence-electron chi connectivity index (χ0n) is 14.8. The number of nitrogens with zero attached hydrogens (tertiary/aromatic N) is 2. The van der Waals surface area contributed by atoms with Gasteiger partial charge in [0.1, 0.15) is 5.75 Å². The number of thioether (sulfide) groups is 1. The number of amides is 1. The molecule has 0 aliphatic carbocycles. The molecule has 0 radical (unpaired) electrons. The summed E-state index contributed by atoms with van der Waals surface area (Å²) in [5.74, 6) is 2.05. The van der Waals surface area contributed by atoms with E-state index in [4.69, 9.17) is 9.26 Å². The first-order chi connectivity index (χ1) is 12.6. The maximum atomic E-state index is 12.8. The number of anilines is 1. The predicted octanol–water partition coefficient (Wildman–Crippen LogP) is 4.24. The summed E-state index contributed by atoms with van der Waals surface area (Å²) < 4.78 is 10.5. The Labute approximate surface area is 156 Å². The summed E-state index contributed by atoms with van der Waals surface area (Å²) in [6.07, 6.45) is 0. The Bertz CT molecular complexity index is 924. The SMILES string of the molecule is COc1ccc(C)cc1NC(=O)c1ccccc1SCc1nc(C)no1. The number of aryl methyl sites for hydroxylation is 2. The van der Waals surface area contributed by atoms with Gasteiger partial charge in [0, 0.05) is 4.90 Å². The highest BCUT2D eigenvalue weighted by Gasteiger charge is 2.15. The van der Waals surface area contributed by atoms with Crippen molar-refractivity contribution in [3.05, 3.63) is 65.3 Å². The van der Waals surface area contributed by atoms with Crippen molar-refractivity contribution in [2.24, 2.45) is 0 Å². The second-order valence-electron chi connectivity index (χ2n) is 5.68. The van der Waals surface area contributed by atoms with Crippen LogP contribution in [0, 0.1) is 13.8 Å². The van der Waals surface area contributed by atoms with Crippen LogP contribution in [0.2, 0.25) is 0 Å². The van der Waals surface area contributed by atoms with Crippen LogP contribution in [0.4, 0.5) is 5.69 Å². The van der Waals surface area contributed by atoms with Gasteiger partial charge in [0.15, 0.2) is 5.82 Å². The molecular formula is C19H19N3O3S. The van der Waals surface area contributed by atoms with E-state index in [1.165, 1.54) is 11.8 Å². The first-order valence-electron chi connectivity index (χ1n) is 8.04. The maximum absolute atomic E-state index is 12.8. The van der Waals surface area contributed by atoms with Gasteiger partial charge in [-0.3, -0.25) is 4.79 Å². The van der Waals surface area contributed by atoms with Crippen molar-refractivity contribution >= 4 is 23.4 Å². The lowest BCUT2D eigenvalue weighted by Crippen LogP contribution is -2.13. The quantitative estimate of drug-likeness (QED) is 0.655. The van der Waals surface area contributed by atoms with Gasteiger partial charge in [-0.25, -0.2) is 0 Å². The lowest BCUT2D eigenvalue weighted by molar-refractivity contribution is 0.102. The van der Waals surface area contributed by atoms with Gasteiger partial charge in [-0.1, -0.05) is 23.4 Å². The number of rotatable bonds is 6. The average molecular weight is 369 g/mol. The second kappa shape index (κ2) is 8.05. The van der Waals surface area contributed by atoms with Crippen LogP contribution in [0.3, 0.4) is 0 Å². The van der Waals surface area contributed by atoms with Crippen LogP contribution in [0.25, 0.3) is 0 Å². The van der Waals surface area contributed by atoms with Crippen LogP contribution in [0.5, 0.6) is 5.75 Å². The van der Waals surface area contributed by atoms with Gasteiger partial charge in [-0.2, -0.15) is 4.98 Å². The molecule has 1 amide bonds. The van der Waals surface area contributed by atoms with Crippen molar-refractivity contribution in [2.75, 3.05) is 12.4 Å². The smallest absolute Gasteiger partial charge is 0.256 e. The topological polar surface area (TPSA) is 77.2 Å². The van der Waals surface area contributed by atoms with Gasteiger partial charge in [-0.15, -0.1) is 11.8 Å². The molecule has 3 aromatic rings. The molecule has 7 heteroatoms. The van der Waals surface area contributed by atoms with Gasteiger partial charge >= 0.3 is 0 Å². The minimum absolute atomic E-state index is 0.196. The lowest BCUT2D eigenvalue weighted by atomic mass is 10.1. The van der Waals surface area contributed by atoms with Crippen molar-refractivity contribution in [3.8, 4) is 5.75 Å². The molecule has 26 heavy (non-hydrogen) atoms. The minimum Gasteiger partial charge on any atom is -0.495 e. The molecule has 0 aliphatic heterocycles. The molecule has 1 heterocycles. The molecule has 0 fully saturated rings. The number of hydrogen-bond donors (Lipinski definition) is 1. The molecule has 0 saturated heterocycles. The third-order valence-corrected chi connectivity index (χ3v) is 4.71. The van der Waals surface area contributed by atoms with Crippen LogP contribution < -0.4 is 10.1 Å². The van der Waals surface area contributed by atoms with E-state index in [2.05, 4.69) is 15.5 Å². The molecule has 1 N–H and O–H groups in total. The summed E-state index contributed by atoms with van der Waals surface area (Å²) >= 11 is 1.48. The highest BCUT2D eigenvalue weighted by molar-refractivity contribution is 7.98. The van der Waals surface area contributed by atoms with Crippen molar-refractivity contribution in [2.45, 2.75) is 24.5 Å². The van der Waals surface area contributed by atoms with E-state index in [-0.39, 0.29) is 5.91 Å². The maximum Gasteiger partial charge on any atom is 0.256 e. The summed E-state index contributed by atoms with van der Waals surface area (Å²) in [6, 6.07) is 13.1. The van der Waals surface area contributed by atoms with E-state index < -0.39 is 0 Å². The fraction of sp³-hybridized carbons (Fsp3) is 0.211. The van der Waals surface area contributed by atoms with E-state index in [1.807, 2.05) is 43.3 Å². The molecule has 3 rings (SSSR count). The molecule has 0 bridgehead atoms. The Morgan fingerprint density at radius 2 is 2.04 bits per heavy atom. The molecule has 0 atom stereocenters. The number of carbonyl (C=O) groups excluding carboxylic acids is 1. The molecule has 0 aliphatic rings. The van der Waals surface area contributed by atoms with Gasteiger partial charge in [0.05, 0.1) is 24.1 Å². The predicted molar refractivity (Wildman–Crippen MR) is 101 cm³/mol. The van der Waals surface area contributed by atoms with Crippen molar-refractivity contribution in [1.29, 1.82) is 0 Å². The van der Waals surface area contributed by atoms with E-state index in [0.717, 1.165) is 10.5 Å². The fourth-order valence-electron chi connectivity index (χ4n) is 2.43. The molecule has 0 saturated carbocycles. The molecule has 6 nitrogen and oxygen atoms in total. The third kappa shape index (κ3) is 4.23. The number of benzene rings is 2. The van der Waals surface area contributed by atoms with Crippen molar-refractivity contribution < 1.29 is 14.1 Å². The summed E-state index contributed by atoms with van der Waals surface area (Å²) in [7, 11) is 1.58. The van der Waals surface area contributed by atoms with Gasteiger partial charge < -0.3 is 14.6 Å². The molecule has 2 aromatic carbocycles. The fourth-order valence-corrected chi connectivity index (χ4v) is 3.31. The van der Waals surface area contributed by atoms with Crippen LogP contribution >= 0.6 is 11.8 Å². The Kier molecular flexibility index (Phi) is 5.58. The largest absolute Gasteiger partial charge is 0.495 e. The van der Waals surface area contributed by atoms with E-state index >= 15 is 0 Å². The molecular weight excluding hydrogens is 350 g/mol. The summed E-state index contributed by atoms with van der Waals surface area (Å²) in [6.45, 7) is 3.74. The van der Waals surface area contributed by atoms with E-state index in [1.54, 1.807) is 20.1 Å². The number of hydrogen-bond acceptors (Lipinski definition) is 6. The van der Waals surface area contributed by atoms with Gasteiger partial charge in [-0.05, 0) is 43.7 Å². The lowest BCUT2D eigenvalue weighted by Gasteiger charge is -2.13. The zero-order chi connectivity index (χ0) is 18.5. The highest BCUT2D eigenvalue weighted by Crippen LogP contribution is 2.29. The number of aromatic nitrogens is 2. The van der Waals surface area contributed by atoms with Crippen LogP contribution in [0.1, 0.15) is 27.6 Å². The molecule has 0 spiro atoms. The zero-order valence-corrected chi connectivity index (χ0v) is 15.6. The number of carbonyl (C=O) groups is 1. The minimum atomic E-state index is -0.196. The summed E-state index contributed by atoms with van der Waals surface area (Å²) in [5.41, 5.74) is 2.26. The Hall–Kier alpha value is -2.80. The van der Waals surface area contributed by atoms with Crippen LogP contribution in [0.15, 0.2) is 51.9 Å². The number of methoxy groups -OCH3 is 1. The van der Waals surface area contributed by atoms with Crippen LogP contribution in [-0.4, -0.2) is 23.2 Å². The average Bonchev–Trinajstić information content (AvgIpc) is 3.06. The van der Waals surface area contributed by atoms with E-state index in [9.17, 15) is 4.79 Å². The Morgan fingerprint density at radius 1 is 1.23 bits per heavy atom. The van der Waals surface area contributed by atoms with Crippen molar-refractivity contribution in [3.63, 3.8) is 0 Å². The summed E-state index contributed by atoms with van der Waals surface area (Å²) in [4.78, 5) is 17.8. The molecule has 0 unspecified atom stereocenters. The first-order valence-corrected chi connectivity index (χ1v) is 9.02. The normalized spacial score (nSPS) is 10.6. The Morgan fingerprint density at radius 3 is 2.77 bits per heavy atom. The number of ether oxygens (including phenoxy) is 1. The van der Waals surface area contributed by atoms with Gasteiger partial charge in [0.25, 0.3) is 5.91 Å². The van der Waals surface area contributed by atoms with E-state index in [0.29, 0.717) is 34.5 Å².